The summed E-state index contributed by atoms with van der Waals surface area (Å²) in [7, 11) is 0. The summed E-state index contributed by atoms with van der Waals surface area (Å²) in [5, 5.41) is 0. The normalized spacial score (nSPS) is 14.3. The molecule has 1 aliphatic heterocycles. The van der Waals surface area contributed by atoms with E-state index in [1.807, 2.05) is 0 Å². The second-order valence-electron chi connectivity index (χ2n) is 6.11. The van der Waals surface area contributed by atoms with Crippen LogP contribution in [0.15, 0.2) is 24.3 Å². The molecule has 4 heteroatoms. The first-order valence-electron chi connectivity index (χ1n) is 8.84. The summed E-state index contributed by atoms with van der Waals surface area (Å²) < 4.78 is 0. The molecule has 0 saturated carbocycles. The Labute approximate surface area is 160 Å². The molecule has 0 amide bonds. The Balaban J connectivity index is 0.00000264. The molecule has 0 spiro atoms. The Hall–Kier alpha value is -0.720. The molecule has 136 valence electrons. The molecule has 2 rings (SSSR count). The number of benzene rings is 1. The summed E-state index contributed by atoms with van der Waals surface area (Å²) in [6, 6.07) is 8.82. The number of halogens is 2. The minimum Gasteiger partial charge on any atom is -0.303 e. The minimum absolute atomic E-state index is 0. The van der Waals surface area contributed by atoms with E-state index in [-0.39, 0.29) is 24.8 Å². The number of nitrogens with zero attached hydrogens (tertiary/aromatic N) is 2. The van der Waals surface area contributed by atoms with Gasteiger partial charge in [-0.1, -0.05) is 44.2 Å². The van der Waals surface area contributed by atoms with Crippen molar-refractivity contribution in [3.8, 4) is 11.8 Å². The summed E-state index contributed by atoms with van der Waals surface area (Å²) >= 11 is 0. The van der Waals surface area contributed by atoms with E-state index in [1.54, 1.807) is 0 Å². The molecule has 1 aromatic rings. The van der Waals surface area contributed by atoms with E-state index in [9.17, 15) is 0 Å². The van der Waals surface area contributed by atoms with Gasteiger partial charge in [0.1, 0.15) is 0 Å². The van der Waals surface area contributed by atoms with Gasteiger partial charge in [0.25, 0.3) is 0 Å². The van der Waals surface area contributed by atoms with Gasteiger partial charge in [-0.3, -0.25) is 4.90 Å². The van der Waals surface area contributed by atoms with Crippen LogP contribution < -0.4 is 0 Å². The molecular formula is C20H32Cl2N2. The van der Waals surface area contributed by atoms with Gasteiger partial charge in [-0.05, 0) is 56.7 Å². The Kier molecular flexibility index (Phi) is 13.2. The van der Waals surface area contributed by atoms with Gasteiger partial charge in [-0.15, -0.1) is 24.8 Å². The maximum Gasteiger partial charge on any atom is 0.0245 e. The molecule has 0 aliphatic carbocycles. The van der Waals surface area contributed by atoms with Crippen molar-refractivity contribution < 1.29 is 0 Å². The van der Waals surface area contributed by atoms with Gasteiger partial charge in [0.2, 0.25) is 0 Å². The van der Waals surface area contributed by atoms with Crippen LogP contribution in [0, 0.1) is 11.8 Å². The van der Waals surface area contributed by atoms with Gasteiger partial charge in [0.15, 0.2) is 0 Å². The van der Waals surface area contributed by atoms with E-state index in [0.29, 0.717) is 0 Å². The fraction of sp³-hybridized carbons (Fsp3) is 0.600. The van der Waals surface area contributed by atoms with Gasteiger partial charge in [-0.25, -0.2) is 0 Å². The Morgan fingerprint density at radius 3 is 2.17 bits per heavy atom. The highest BCUT2D eigenvalue weighted by atomic mass is 35.5. The summed E-state index contributed by atoms with van der Waals surface area (Å²) in [5.41, 5.74) is 2.55. The number of hydrogen-bond acceptors (Lipinski definition) is 2. The molecular weight excluding hydrogens is 339 g/mol. The molecule has 0 bridgehead atoms. The molecule has 1 aliphatic rings. The van der Waals surface area contributed by atoms with E-state index < -0.39 is 0 Å². The maximum absolute atomic E-state index is 3.30. The average molecular weight is 371 g/mol. The van der Waals surface area contributed by atoms with Crippen LogP contribution in [-0.2, 0) is 6.54 Å². The van der Waals surface area contributed by atoms with Crippen molar-refractivity contribution in [2.75, 3.05) is 32.7 Å². The van der Waals surface area contributed by atoms with Crippen molar-refractivity contribution >= 4 is 24.8 Å². The molecule has 0 N–H and O–H groups in total. The van der Waals surface area contributed by atoms with Crippen molar-refractivity contribution in [1.82, 2.24) is 9.80 Å². The van der Waals surface area contributed by atoms with E-state index in [1.165, 1.54) is 37.9 Å². The number of likely N-dealkylation sites (tertiary alicyclic amines) is 1. The maximum atomic E-state index is 3.30. The third-order valence-corrected chi connectivity index (χ3v) is 4.49. The lowest BCUT2D eigenvalue weighted by Gasteiger charge is -2.26. The highest BCUT2D eigenvalue weighted by molar-refractivity contribution is 5.85. The van der Waals surface area contributed by atoms with Crippen molar-refractivity contribution in [3.63, 3.8) is 0 Å². The monoisotopic (exact) mass is 370 g/mol. The molecule has 0 atom stereocenters. The van der Waals surface area contributed by atoms with Gasteiger partial charge in [0.05, 0.1) is 0 Å². The van der Waals surface area contributed by atoms with Crippen molar-refractivity contribution in [2.24, 2.45) is 0 Å². The van der Waals surface area contributed by atoms with E-state index in [4.69, 9.17) is 0 Å². The second kappa shape index (κ2) is 13.6. The lowest BCUT2D eigenvalue weighted by Crippen LogP contribution is -2.29. The van der Waals surface area contributed by atoms with Gasteiger partial charge in [0, 0.05) is 25.1 Å². The average Bonchev–Trinajstić information content (AvgIpc) is 2.57. The topological polar surface area (TPSA) is 6.48 Å². The van der Waals surface area contributed by atoms with Gasteiger partial charge in [-0.2, -0.15) is 0 Å². The standard InChI is InChI=1S/C20H30N2.2ClH/c1-3-21(4-2)15-9-6-10-19-11-13-20(14-12-19)18-22-16-7-5-8-17-22;;/h11-14H,3-5,7-9,15-18H2,1-2H3;2*1H. The first-order valence-corrected chi connectivity index (χ1v) is 8.84. The first kappa shape index (κ1) is 23.3. The third-order valence-electron chi connectivity index (χ3n) is 4.49. The third kappa shape index (κ3) is 8.40. The molecule has 1 aromatic carbocycles. The van der Waals surface area contributed by atoms with E-state index in [0.717, 1.165) is 38.2 Å². The summed E-state index contributed by atoms with van der Waals surface area (Å²) in [4.78, 5) is 4.98. The molecule has 1 heterocycles. The Morgan fingerprint density at radius 1 is 0.958 bits per heavy atom. The molecule has 2 nitrogen and oxygen atoms in total. The SMILES string of the molecule is CCN(CC)CCC#Cc1ccc(CN2CCCCC2)cc1.Cl.Cl. The van der Waals surface area contributed by atoms with Crippen LogP contribution in [0.4, 0.5) is 0 Å². The second-order valence-corrected chi connectivity index (χ2v) is 6.11. The van der Waals surface area contributed by atoms with Crippen LogP contribution in [0.3, 0.4) is 0 Å². The van der Waals surface area contributed by atoms with Crippen LogP contribution in [-0.4, -0.2) is 42.5 Å². The smallest absolute Gasteiger partial charge is 0.0245 e. The fourth-order valence-corrected chi connectivity index (χ4v) is 2.99. The van der Waals surface area contributed by atoms with Crippen molar-refractivity contribution in [2.45, 2.75) is 46.1 Å². The number of piperidine rings is 1. The minimum atomic E-state index is 0. The fourth-order valence-electron chi connectivity index (χ4n) is 2.99. The molecule has 1 fully saturated rings. The Morgan fingerprint density at radius 2 is 1.58 bits per heavy atom. The summed E-state index contributed by atoms with van der Waals surface area (Å²) in [6.45, 7) is 11.3. The van der Waals surface area contributed by atoms with Crippen molar-refractivity contribution in [3.05, 3.63) is 35.4 Å². The predicted octanol–water partition coefficient (Wildman–Crippen LogP) is 4.60. The highest BCUT2D eigenvalue weighted by Crippen LogP contribution is 2.13. The largest absolute Gasteiger partial charge is 0.303 e. The zero-order valence-electron chi connectivity index (χ0n) is 15.1. The van der Waals surface area contributed by atoms with Crippen LogP contribution >= 0.6 is 24.8 Å². The van der Waals surface area contributed by atoms with Crippen molar-refractivity contribution in [1.29, 1.82) is 0 Å². The van der Waals surface area contributed by atoms with Crippen LogP contribution in [0.2, 0.25) is 0 Å². The quantitative estimate of drug-likeness (QED) is 0.675. The first-order chi connectivity index (χ1) is 10.8. The highest BCUT2D eigenvalue weighted by Gasteiger charge is 2.09. The molecule has 0 unspecified atom stereocenters. The van der Waals surface area contributed by atoms with Crippen LogP contribution in [0.1, 0.15) is 50.7 Å². The predicted molar refractivity (Wildman–Crippen MR) is 109 cm³/mol. The summed E-state index contributed by atoms with van der Waals surface area (Å²) in [6.07, 6.45) is 5.07. The van der Waals surface area contributed by atoms with Crippen LogP contribution in [0.25, 0.3) is 0 Å². The lowest BCUT2D eigenvalue weighted by molar-refractivity contribution is 0.221. The lowest BCUT2D eigenvalue weighted by atomic mass is 10.1. The van der Waals surface area contributed by atoms with E-state index >= 15 is 0 Å². The molecule has 0 radical (unpaired) electrons. The van der Waals surface area contributed by atoms with E-state index in [2.05, 4.69) is 59.8 Å². The number of rotatable bonds is 6. The molecule has 0 aromatic heterocycles. The number of hydrogen-bond donors (Lipinski definition) is 0. The zero-order valence-corrected chi connectivity index (χ0v) is 16.7. The van der Waals surface area contributed by atoms with Crippen LogP contribution in [0.5, 0.6) is 0 Å². The Bertz CT molecular complexity index is 481. The van der Waals surface area contributed by atoms with Gasteiger partial charge < -0.3 is 4.90 Å². The molecule has 1 saturated heterocycles. The van der Waals surface area contributed by atoms with Gasteiger partial charge >= 0.3 is 0 Å². The molecule has 24 heavy (non-hydrogen) atoms. The summed E-state index contributed by atoms with van der Waals surface area (Å²) in [5.74, 6) is 6.59. The zero-order chi connectivity index (χ0) is 15.6.